The van der Waals surface area contributed by atoms with Gasteiger partial charge in [0.1, 0.15) is 11.6 Å². The van der Waals surface area contributed by atoms with Crippen LogP contribution in [0.25, 0.3) is 0 Å². The number of halogens is 2. The van der Waals surface area contributed by atoms with Gasteiger partial charge in [-0.1, -0.05) is 6.07 Å². The second kappa shape index (κ2) is 7.64. The monoisotopic (exact) mass is 394 g/mol. The highest BCUT2D eigenvalue weighted by atomic mass is 32.2. The van der Waals surface area contributed by atoms with Gasteiger partial charge in [0.25, 0.3) is 5.91 Å². The van der Waals surface area contributed by atoms with Gasteiger partial charge in [0.05, 0.1) is 11.9 Å². The molecule has 2 aromatic rings. The lowest BCUT2D eigenvalue weighted by Gasteiger charge is -2.29. The minimum absolute atomic E-state index is 0.0387. The number of nitrogens with zero attached hydrogens (tertiary/aromatic N) is 1. The Balaban J connectivity index is 1.69. The van der Waals surface area contributed by atoms with Crippen molar-refractivity contribution in [1.82, 2.24) is 5.32 Å². The number of hydrogen-bond donors (Lipinski definition) is 1. The molecule has 0 saturated heterocycles. The number of rotatable bonds is 5. The Hall–Kier alpha value is -2.48. The van der Waals surface area contributed by atoms with E-state index < -0.39 is 21.7 Å². The molecule has 0 atom stereocenters. The third-order valence-electron chi connectivity index (χ3n) is 4.54. The molecule has 1 amide bonds. The average molecular weight is 394 g/mol. The number of fused-ring (bicyclic) bond motifs is 1. The third-order valence-corrected chi connectivity index (χ3v) is 5.72. The number of anilines is 1. The zero-order chi connectivity index (χ0) is 19.6. The number of hydrogen-bond acceptors (Lipinski definition) is 3. The van der Waals surface area contributed by atoms with Gasteiger partial charge in [-0.25, -0.2) is 17.2 Å². The van der Waals surface area contributed by atoms with Gasteiger partial charge < -0.3 is 5.32 Å². The van der Waals surface area contributed by atoms with Crippen molar-refractivity contribution in [2.75, 3.05) is 23.7 Å². The van der Waals surface area contributed by atoms with Crippen LogP contribution in [0.5, 0.6) is 0 Å². The van der Waals surface area contributed by atoms with Crippen LogP contribution in [0.15, 0.2) is 36.4 Å². The fourth-order valence-corrected chi connectivity index (χ4v) is 4.22. The van der Waals surface area contributed by atoms with Crippen molar-refractivity contribution in [1.29, 1.82) is 0 Å². The Morgan fingerprint density at radius 3 is 2.56 bits per heavy atom. The fraction of sp³-hybridized carbons (Fsp3) is 0.316. The molecule has 1 heterocycles. The predicted octanol–water partition coefficient (Wildman–Crippen LogP) is 2.65. The molecule has 3 rings (SSSR count). The number of benzene rings is 2. The number of aryl methyl sites for hydroxylation is 1. The van der Waals surface area contributed by atoms with Crippen LogP contribution in [0.4, 0.5) is 14.5 Å². The quantitative estimate of drug-likeness (QED) is 0.848. The Morgan fingerprint density at radius 2 is 1.89 bits per heavy atom. The summed E-state index contributed by atoms with van der Waals surface area (Å²) in [6.45, 7) is 0.509. The molecule has 0 bridgehead atoms. The standard InChI is InChI=1S/C19H20F2N2O3S/c1-27(25,26)23-11-3-4-13-12-14(7-8-18(13)23)19(24)22-10-9-15-16(20)5-2-6-17(15)21/h2,5-8,12H,3-4,9-11H2,1H3,(H,22,24). The van der Waals surface area contributed by atoms with Gasteiger partial charge in [-0.2, -0.15) is 0 Å². The van der Waals surface area contributed by atoms with Gasteiger partial charge in [-0.15, -0.1) is 0 Å². The highest BCUT2D eigenvalue weighted by Crippen LogP contribution is 2.29. The zero-order valence-electron chi connectivity index (χ0n) is 14.8. The van der Waals surface area contributed by atoms with Crippen molar-refractivity contribution in [2.24, 2.45) is 0 Å². The molecule has 1 aliphatic heterocycles. The first kappa shape index (κ1) is 19.3. The maximum atomic E-state index is 13.6. The van der Waals surface area contributed by atoms with Crippen LogP contribution in [0.2, 0.25) is 0 Å². The molecule has 0 radical (unpaired) electrons. The Kier molecular flexibility index (Phi) is 5.46. The van der Waals surface area contributed by atoms with Crippen LogP contribution < -0.4 is 9.62 Å². The first-order valence-corrected chi connectivity index (χ1v) is 10.4. The topological polar surface area (TPSA) is 66.5 Å². The van der Waals surface area contributed by atoms with E-state index in [1.165, 1.54) is 22.5 Å². The fourth-order valence-electron chi connectivity index (χ4n) is 3.22. The second-order valence-corrected chi connectivity index (χ2v) is 8.40. The maximum Gasteiger partial charge on any atom is 0.251 e. The molecule has 27 heavy (non-hydrogen) atoms. The minimum atomic E-state index is -3.36. The molecule has 8 heteroatoms. The maximum absolute atomic E-state index is 13.6. The molecule has 1 N–H and O–H groups in total. The van der Waals surface area contributed by atoms with E-state index in [9.17, 15) is 22.0 Å². The van der Waals surface area contributed by atoms with E-state index in [2.05, 4.69) is 5.32 Å². The number of carbonyl (C=O) groups is 1. The summed E-state index contributed by atoms with van der Waals surface area (Å²) in [5.41, 5.74) is 1.71. The summed E-state index contributed by atoms with van der Waals surface area (Å²) in [7, 11) is -3.36. The van der Waals surface area contributed by atoms with Crippen molar-refractivity contribution in [3.63, 3.8) is 0 Å². The van der Waals surface area contributed by atoms with Gasteiger partial charge in [0.2, 0.25) is 10.0 Å². The second-order valence-electron chi connectivity index (χ2n) is 6.49. The van der Waals surface area contributed by atoms with Crippen LogP contribution in [-0.4, -0.2) is 33.7 Å². The highest BCUT2D eigenvalue weighted by molar-refractivity contribution is 7.92. The molecular weight excluding hydrogens is 374 g/mol. The molecule has 0 aliphatic carbocycles. The van der Waals surface area contributed by atoms with Crippen LogP contribution in [-0.2, 0) is 22.9 Å². The third kappa shape index (κ3) is 4.27. The number of amides is 1. The van der Waals surface area contributed by atoms with Gasteiger partial charge >= 0.3 is 0 Å². The van der Waals surface area contributed by atoms with Crippen molar-refractivity contribution >= 4 is 21.6 Å². The smallest absolute Gasteiger partial charge is 0.251 e. The van der Waals surface area contributed by atoms with Crippen molar-refractivity contribution < 1.29 is 22.0 Å². The molecule has 0 spiro atoms. The molecule has 144 valence electrons. The summed E-state index contributed by atoms with van der Waals surface area (Å²) >= 11 is 0. The van der Waals surface area contributed by atoms with Gasteiger partial charge in [-0.3, -0.25) is 9.10 Å². The van der Waals surface area contributed by atoms with E-state index in [-0.39, 0.29) is 24.4 Å². The van der Waals surface area contributed by atoms with E-state index in [1.54, 1.807) is 18.2 Å². The van der Waals surface area contributed by atoms with Crippen molar-refractivity contribution in [3.8, 4) is 0 Å². The highest BCUT2D eigenvalue weighted by Gasteiger charge is 2.24. The van der Waals surface area contributed by atoms with Crippen LogP contribution in [0, 0.1) is 11.6 Å². The number of nitrogens with one attached hydrogen (secondary N) is 1. The van der Waals surface area contributed by atoms with E-state index >= 15 is 0 Å². The summed E-state index contributed by atoms with van der Waals surface area (Å²) in [5, 5.41) is 2.65. The summed E-state index contributed by atoms with van der Waals surface area (Å²) in [6, 6.07) is 8.50. The number of carbonyl (C=O) groups excluding carboxylic acids is 1. The van der Waals surface area contributed by atoms with Gasteiger partial charge in [0.15, 0.2) is 0 Å². The summed E-state index contributed by atoms with van der Waals surface area (Å²) in [4.78, 5) is 12.3. The largest absolute Gasteiger partial charge is 0.352 e. The van der Waals surface area contributed by atoms with Gasteiger partial charge in [0, 0.05) is 24.2 Å². The Labute approximate surface area is 157 Å². The average Bonchev–Trinajstić information content (AvgIpc) is 2.62. The lowest BCUT2D eigenvalue weighted by Crippen LogP contribution is -2.34. The normalized spacial score (nSPS) is 14.0. The van der Waals surface area contributed by atoms with E-state index in [4.69, 9.17) is 0 Å². The summed E-state index contributed by atoms with van der Waals surface area (Å²) < 4.78 is 52.3. The first-order chi connectivity index (χ1) is 12.8. The van der Waals surface area contributed by atoms with Crippen LogP contribution in [0.1, 0.15) is 27.9 Å². The molecule has 0 fully saturated rings. The molecule has 0 saturated carbocycles. The molecule has 5 nitrogen and oxygen atoms in total. The van der Waals surface area contributed by atoms with Crippen molar-refractivity contribution in [2.45, 2.75) is 19.3 Å². The van der Waals surface area contributed by atoms with Crippen molar-refractivity contribution in [3.05, 3.63) is 64.7 Å². The predicted molar refractivity (Wildman–Crippen MR) is 99.3 cm³/mol. The minimum Gasteiger partial charge on any atom is -0.352 e. The number of sulfonamides is 1. The SMILES string of the molecule is CS(=O)(=O)N1CCCc2cc(C(=O)NCCc3c(F)cccc3F)ccc21. The molecular formula is C19H20F2N2O3S. The lowest BCUT2D eigenvalue weighted by molar-refractivity contribution is 0.0953. The van der Waals surface area contributed by atoms with Crippen LogP contribution in [0.3, 0.4) is 0 Å². The molecule has 0 unspecified atom stereocenters. The van der Waals surface area contributed by atoms with Gasteiger partial charge in [-0.05, 0) is 55.2 Å². The molecule has 0 aromatic heterocycles. The molecule has 2 aromatic carbocycles. The summed E-state index contributed by atoms with van der Waals surface area (Å²) in [5.74, 6) is -1.65. The zero-order valence-corrected chi connectivity index (χ0v) is 15.7. The van der Waals surface area contributed by atoms with Crippen LogP contribution >= 0.6 is 0 Å². The summed E-state index contributed by atoms with van der Waals surface area (Å²) in [6.07, 6.45) is 2.56. The first-order valence-electron chi connectivity index (χ1n) is 8.59. The van der Waals surface area contributed by atoms with E-state index in [0.29, 0.717) is 30.6 Å². The van der Waals surface area contributed by atoms with E-state index in [1.807, 2.05) is 0 Å². The lowest BCUT2D eigenvalue weighted by atomic mass is 10.0. The molecule has 1 aliphatic rings. The Bertz CT molecular complexity index is 957. The van der Waals surface area contributed by atoms with E-state index in [0.717, 1.165) is 11.8 Å². The Morgan fingerprint density at radius 1 is 1.19 bits per heavy atom.